The summed E-state index contributed by atoms with van der Waals surface area (Å²) in [6.07, 6.45) is 4.13. The third kappa shape index (κ3) is 2.03. The minimum Gasteiger partial charge on any atom is -0.399 e. The van der Waals surface area contributed by atoms with Gasteiger partial charge in [-0.3, -0.25) is 0 Å². The lowest BCUT2D eigenvalue weighted by Crippen LogP contribution is -2.41. The minimum atomic E-state index is -0.322. The quantitative estimate of drug-likeness (QED) is 0.747. The third-order valence-electron chi connectivity index (χ3n) is 4.92. The third-order valence-corrected chi connectivity index (χ3v) is 4.92. The first kappa shape index (κ1) is 14.2. The van der Waals surface area contributed by atoms with Crippen molar-refractivity contribution in [3.8, 4) is 0 Å². The maximum Gasteiger partial charge on any atom is 0.496 e. The van der Waals surface area contributed by atoms with E-state index >= 15 is 0 Å². The van der Waals surface area contributed by atoms with Crippen molar-refractivity contribution in [2.24, 2.45) is 5.41 Å². The largest absolute Gasteiger partial charge is 0.496 e. The van der Waals surface area contributed by atoms with E-state index < -0.39 is 0 Å². The summed E-state index contributed by atoms with van der Waals surface area (Å²) in [5, 5.41) is 3.31. The molecule has 4 nitrogen and oxygen atoms in total. The molecule has 3 rings (SSSR count). The van der Waals surface area contributed by atoms with Crippen LogP contribution >= 0.6 is 0 Å². The molecule has 1 atom stereocenters. The van der Waals surface area contributed by atoms with Crippen LogP contribution in [-0.2, 0) is 14.0 Å². The predicted molar refractivity (Wildman–Crippen MR) is 78.9 cm³/mol. The summed E-state index contributed by atoms with van der Waals surface area (Å²) in [6, 6.07) is 0. The van der Waals surface area contributed by atoms with Crippen molar-refractivity contribution < 1.29 is 14.0 Å². The molecule has 1 N–H and O–H groups in total. The van der Waals surface area contributed by atoms with E-state index in [0.29, 0.717) is 0 Å². The van der Waals surface area contributed by atoms with Crippen LogP contribution in [0.3, 0.4) is 0 Å². The van der Waals surface area contributed by atoms with E-state index in [9.17, 15) is 0 Å². The first-order chi connectivity index (χ1) is 9.12. The number of ether oxygens (including phenoxy) is 1. The molecule has 3 heterocycles. The molecule has 0 amide bonds. The second-order valence-corrected chi connectivity index (χ2v) is 7.57. The zero-order chi connectivity index (χ0) is 14.8. The Morgan fingerprint density at radius 2 is 1.70 bits per heavy atom. The molecule has 0 saturated carbocycles. The molecule has 0 aliphatic carbocycles. The fourth-order valence-electron chi connectivity index (χ4n) is 2.74. The molecule has 110 valence electrons. The van der Waals surface area contributed by atoms with Crippen LogP contribution in [0.5, 0.6) is 0 Å². The van der Waals surface area contributed by atoms with Gasteiger partial charge in [-0.25, -0.2) is 0 Å². The van der Waals surface area contributed by atoms with E-state index in [1.54, 1.807) is 0 Å². The summed E-state index contributed by atoms with van der Waals surface area (Å²) in [5.74, 6) is 0. The lowest BCUT2D eigenvalue weighted by molar-refractivity contribution is 0.00578. The molecule has 0 aromatic carbocycles. The molecular formula is C15H24BNO3. The lowest BCUT2D eigenvalue weighted by atomic mass is 9.73. The van der Waals surface area contributed by atoms with E-state index in [2.05, 4.69) is 52.9 Å². The average Bonchev–Trinajstić information content (AvgIpc) is 2.74. The van der Waals surface area contributed by atoms with Gasteiger partial charge in [0, 0.05) is 5.41 Å². The molecule has 0 aromatic rings. The number of hydrogen-bond acceptors (Lipinski definition) is 4. The number of allylic oxidation sites excluding steroid dienone is 2. The summed E-state index contributed by atoms with van der Waals surface area (Å²) < 4.78 is 18.0. The van der Waals surface area contributed by atoms with Crippen LogP contribution in [0, 0.1) is 5.41 Å². The summed E-state index contributed by atoms with van der Waals surface area (Å²) in [7, 11) is -0.322. The fraction of sp³-hybridized carbons (Fsp3) is 0.733. The Morgan fingerprint density at radius 3 is 2.30 bits per heavy atom. The van der Waals surface area contributed by atoms with Crippen molar-refractivity contribution in [2.75, 3.05) is 6.61 Å². The first-order valence-electron chi connectivity index (χ1n) is 7.28. The van der Waals surface area contributed by atoms with Crippen molar-refractivity contribution in [1.29, 1.82) is 0 Å². The molecule has 0 spiro atoms. The molecule has 0 aromatic heterocycles. The topological polar surface area (TPSA) is 39.7 Å². The van der Waals surface area contributed by atoms with E-state index in [-0.39, 0.29) is 30.0 Å². The first-order valence-corrected chi connectivity index (χ1v) is 7.28. The number of fused-ring (bicyclic) bond motifs is 1. The van der Waals surface area contributed by atoms with Crippen LogP contribution in [0.2, 0.25) is 0 Å². The average molecular weight is 277 g/mol. The molecule has 3 aliphatic rings. The molecule has 3 aliphatic heterocycles. The van der Waals surface area contributed by atoms with Crippen LogP contribution in [-0.4, -0.2) is 31.2 Å². The van der Waals surface area contributed by atoms with Crippen LogP contribution in [0.25, 0.3) is 0 Å². The molecular weight excluding hydrogens is 253 g/mol. The van der Waals surface area contributed by atoms with E-state index in [1.807, 2.05) is 6.20 Å². The zero-order valence-corrected chi connectivity index (χ0v) is 13.2. The molecule has 0 radical (unpaired) electrons. The Bertz CT molecular complexity index is 477. The highest BCUT2D eigenvalue weighted by Crippen LogP contribution is 2.42. The normalized spacial score (nSPS) is 33.3. The number of dihydropyridines is 1. The van der Waals surface area contributed by atoms with Crippen molar-refractivity contribution in [2.45, 2.75) is 59.0 Å². The van der Waals surface area contributed by atoms with Gasteiger partial charge in [0.2, 0.25) is 0 Å². The summed E-state index contributed by atoms with van der Waals surface area (Å²) in [4.78, 5) is 0. The van der Waals surface area contributed by atoms with Crippen molar-refractivity contribution in [3.63, 3.8) is 0 Å². The van der Waals surface area contributed by atoms with Crippen molar-refractivity contribution >= 4 is 7.12 Å². The molecule has 2 fully saturated rings. The van der Waals surface area contributed by atoms with Gasteiger partial charge >= 0.3 is 7.12 Å². The fourth-order valence-corrected chi connectivity index (χ4v) is 2.74. The second kappa shape index (κ2) is 4.12. The Morgan fingerprint density at radius 1 is 1.10 bits per heavy atom. The van der Waals surface area contributed by atoms with Gasteiger partial charge in [0.1, 0.15) is 6.23 Å². The Labute approximate surface area is 121 Å². The standard InChI is InChI=1S/C15H24BNO3/c1-13(2)9-18-12-11(13)7-10(8-17-12)16-19-14(3,4)15(5,6)20-16/h7-8,12,17H,9H2,1-6H3. The van der Waals surface area contributed by atoms with Gasteiger partial charge in [0.15, 0.2) is 0 Å². The monoisotopic (exact) mass is 277 g/mol. The molecule has 5 heteroatoms. The summed E-state index contributed by atoms with van der Waals surface area (Å²) in [5.41, 5.74) is 1.74. The van der Waals surface area contributed by atoms with Crippen molar-refractivity contribution in [1.82, 2.24) is 5.32 Å². The van der Waals surface area contributed by atoms with Gasteiger partial charge in [-0.2, -0.15) is 0 Å². The predicted octanol–water partition coefficient (Wildman–Crippen LogP) is 2.41. The number of nitrogens with one attached hydrogen (secondary N) is 1. The van der Waals surface area contributed by atoms with Gasteiger partial charge < -0.3 is 19.4 Å². The smallest absolute Gasteiger partial charge is 0.399 e. The van der Waals surface area contributed by atoms with E-state index in [0.717, 1.165) is 12.1 Å². The molecule has 1 unspecified atom stereocenters. The highest BCUT2D eigenvalue weighted by atomic mass is 16.7. The highest BCUT2D eigenvalue weighted by molar-refractivity contribution is 6.55. The van der Waals surface area contributed by atoms with E-state index in [4.69, 9.17) is 14.0 Å². The molecule has 2 saturated heterocycles. The summed E-state index contributed by atoms with van der Waals surface area (Å²) in [6.45, 7) is 13.4. The minimum absolute atomic E-state index is 0.00354. The van der Waals surface area contributed by atoms with Gasteiger partial charge in [0.25, 0.3) is 0 Å². The SMILES string of the molecule is CC1(C)COC2NC=C(B3OC(C)(C)C(C)(C)O3)C=C21. The van der Waals surface area contributed by atoms with Crippen LogP contribution in [0.1, 0.15) is 41.5 Å². The Kier molecular flexibility index (Phi) is 2.92. The maximum absolute atomic E-state index is 6.10. The molecule has 20 heavy (non-hydrogen) atoms. The van der Waals surface area contributed by atoms with Crippen LogP contribution < -0.4 is 5.32 Å². The van der Waals surface area contributed by atoms with Crippen molar-refractivity contribution in [3.05, 3.63) is 23.3 Å². The Hall–Kier alpha value is -0.775. The lowest BCUT2D eigenvalue weighted by Gasteiger charge is -2.32. The van der Waals surface area contributed by atoms with Gasteiger partial charge in [0.05, 0.1) is 17.8 Å². The highest BCUT2D eigenvalue weighted by Gasteiger charge is 2.53. The zero-order valence-electron chi connectivity index (χ0n) is 13.2. The maximum atomic E-state index is 6.10. The van der Waals surface area contributed by atoms with Gasteiger partial charge in [-0.1, -0.05) is 19.9 Å². The summed E-state index contributed by atoms with van der Waals surface area (Å²) >= 11 is 0. The Balaban J connectivity index is 1.85. The van der Waals surface area contributed by atoms with Gasteiger partial charge in [-0.15, -0.1) is 0 Å². The van der Waals surface area contributed by atoms with Crippen LogP contribution in [0.15, 0.2) is 23.3 Å². The number of rotatable bonds is 1. The molecule has 0 bridgehead atoms. The number of hydrogen-bond donors (Lipinski definition) is 1. The van der Waals surface area contributed by atoms with E-state index in [1.165, 1.54) is 5.57 Å². The second-order valence-electron chi connectivity index (χ2n) is 7.57. The van der Waals surface area contributed by atoms with Crippen LogP contribution in [0.4, 0.5) is 0 Å². The van der Waals surface area contributed by atoms with Gasteiger partial charge in [-0.05, 0) is 44.9 Å².